The van der Waals surface area contributed by atoms with Gasteiger partial charge in [0.25, 0.3) is 0 Å². The first-order chi connectivity index (χ1) is 28.1. The van der Waals surface area contributed by atoms with Gasteiger partial charge in [-0.15, -0.1) is 0 Å². The van der Waals surface area contributed by atoms with Crippen molar-refractivity contribution in [3.8, 4) is 0 Å². The monoisotopic (exact) mass is 843 g/mol. The molecular formula is C45H78O12S. The summed E-state index contributed by atoms with van der Waals surface area (Å²) >= 11 is 0. The summed E-state index contributed by atoms with van der Waals surface area (Å²) in [6.45, 7) is 3.79. The Labute approximate surface area is 350 Å². The van der Waals surface area contributed by atoms with Crippen molar-refractivity contribution in [2.75, 3.05) is 26.4 Å². The molecule has 336 valence electrons. The van der Waals surface area contributed by atoms with Crippen molar-refractivity contribution in [2.24, 2.45) is 0 Å². The summed E-state index contributed by atoms with van der Waals surface area (Å²) in [7, 11) is -5.07. The first-order valence-electron chi connectivity index (χ1n) is 22.0. The van der Waals surface area contributed by atoms with Crippen LogP contribution in [0.5, 0.6) is 0 Å². The van der Waals surface area contributed by atoms with E-state index in [2.05, 4.69) is 78.8 Å². The van der Waals surface area contributed by atoms with Gasteiger partial charge in [0, 0.05) is 13.0 Å². The molecule has 1 fully saturated rings. The van der Waals surface area contributed by atoms with Gasteiger partial charge in [0.1, 0.15) is 30.5 Å². The summed E-state index contributed by atoms with van der Waals surface area (Å²) in [6, 6.07) is 0. The van der Waals surface area contributed by atoms with Crippen LogP contribution in [0.1, 0.15) is 155 Å². The quantitative estimate of drug-likeness (QED) is 0.0202. The number of unbranched alkanes of at least 4 members (excludes halogenated alkanes) is 14. The minimum atomic E-state index is -5.07. The van der Waals surface area contributed by atoms with Crippen LogP contribution in [0.2, 0.25) is 0 Å². The van der Waals surface area contributed by atoms with Gasteiger partial charge in [0.2, 0.25) is 0 Å². The van der Waals surface area contributed by atoms with E-state index in [1.165, 1.54) is 25.7 Å². The van der Waals surface area contributed by atoms with E-state index in [1.807, 2.05) is 0 Å². The molecule has 1 rings (SSSR count). The molecule has 0 aromatic rings. The van der Waals surface area contributed by atoms with Crippen molar-refractivity contribution in [3.05, 3.63) is 60.8 Å². The molecule has 1 heterocycles. The number of aliphatic hydroxyl groups is 3. The van der Waals surface area contributed by atoms with Crippen LogP contribution >= 0.6 is 0 Å². The van der Waals surface area contributed by atoms with Crippen LogP contribution in [-0.2, 0) is 38.3 Å². The van der Waals surface area contributed by atoms with Crippen molar-refractivity contribution in [1.82, 2.24) is 0 Å². The predicted molar refractivity (Wildman–Crippen MR) is 229 cm³/mol. The number of esters is 1. The van der Waals surface area contributed by atoms with E-state index >= 15 is 0 Å². The average molecular weight is 843 g/mol. The molecule has 58 heavy (non-hydrogen) atoms. The molecule has 0 aromatic carbocycles. The van der Waals surface area contributed by atoms with Gasteiger partial charge in [0.15, 0.2) is 6.29 Å². The van der Waals surface area contributed by atoms with E-state index in [-0.39, 0.29) is 19.6 Å². The maximum atomic E-state index is 12.8. The number of rotatable bonds is 37. The highest BCUT2D eigenvalue weighted by atomic mass is 32.3. The molecule has 1 saturated heterocycles. The minimum absolute atomic E-state index is 0.0174. The molecule has 0 amide bonds. The van der Waals surface area contributed by atoms with Gasteiger partial charge in [-0.3, -0.25) is 9.35 Å². The molecule has 1 aliphatic rings. The first-order valence-corrected chi connectivity index (χ1v) is 23.4. The fraction of sp³-hybridized carbons (Fsp3) is 0.756. The fourth-order valence-electron chi connectivity index (χ4n) is 6.30. The summed E-state index contributed by atoms with van der Waals surface area (Å²) in [6.07, 6.45) is 35.4. The standard InChI is InChI=1S/C45H78O12S/c1-3-5-7-9-11-13-15-17-18-19-20-21-23-25-27-29-31-33-35-53-37-39(38-54-45-43(49)44(57-58(50,51)52)42(48)40(36-46)56-45)55-41(47)34-32-30-28-26-24-22-16-14-12-10-8-6-4-2/h5,7,11,13-14,16-18,20-21,39-40,42-46,48-49H,3-4,6,8-10,12,15,19,22-38H2,1-2H3,(H,50,51,52)/b7-5-,13-11-,16-14-,18-17-,21-20-. The van der Waals surface area contributed by atoms with Gasteiger partial charge in [-0.25, -0.2) is 4.18 Å². The number of allylic oxidation sites excluding steroid dienone is 10. The van der Waals surface area contributed by atoms with Crippen LogP contribution in [0.15, 0.2) is 60.8 Å². The fourth-order valence-corrected chi connectivity index (χ4v) is 6.81. The normalized spacial score (nSPS) is 21.1. The summed E-state index contributed by atoms with van der Waals surface area (Å²) < 4.78 is 59.0. The van der Waals surface area contributed by atoms with E-state index in [0.717, 1.165) is 103 Å². The summed E-state index contributed by atoms with van der Waals surface area (Å²) in [5.41, 5.74) is 0. The van der Waals surface area contributed by atoms with Crippen LogP contribution < -0.4 is 0 Å². The second kappa shape index (κ2) is 36.6. The number of carbonyl (C=O) groups is 1. The molecule has 6 unspecified atom stereocenters. The highest BCUT2D eigenvalue weighted by Gasteiger charge is 2.48. The SMILES string of the molecule is CC/C=C\C/C=C\C/C=C\C/C=C\CCCCCCCOCC(COC1OC(CO)C(O)C(OS(=O)(=O)O)C1O)OC(=O)CCCCCCC/C=C\CCCCCC. The third-order valence-electron chi connectivity index (χ3n) is 9.62. The molecule has 13 heteroatoms. The Kier molecular flexibility index (Phi) is 34.0. The summed E-state index contributed by atoms with van der Waals surface area (Å²) in [4.78, 5) is 12.8. The predicted octanol–water partition coefficient (Wildman–Crippen LogP) is 8.96. The molecule has 1 aliphatic heterocycles. The minimum Gasteiger partial charge on any atom is -0.457 e. The van der Waals surface area contributed by atoms with E-state index in [9.17, 15) is 28.5 Å². The van der Waals surface area contributed by atoms with E-state index in [0.29, 0.717) is 13.0 Å². The summed E-state index contributed by atoms with van der Waals surface area (Å²) in [5.74, 6) is -0.419. The number of hydrogen-bond acceptors (Lipinski definition) is 11. The second-order valence-electron chi connectivity index (χ2n) is 14.9. The van der Waals surface area contributed by atoms with Crippen molar-refractivity contribution < 1.29 is 56.2 Å². The number of ether oxygens (including phenoxy) is 4. The van der Waals surface area contributed by atoms with Crippen LogP contribution in [0.4, 0.5) is 0 Å². The van der Waals surface area contributed by atoms with Crippen LogP contribution in [-0.4, -0.2) is 97.5 Å². The Hall–Kier alpha value is -2.20. The summed E-state index contributed by atoms with van der Waals surface area (Å²) in [5, 5.41) is 30.6. The van der Waals surface area contributed by atoms with E-state index in [4.69, 9.17) is 23.5 Å². The van der Waals surface area contributed by atoms with Crippen LogP contribution in [0.3, 0.4) is 0 Å². The van der Waals surface area contributed by atoms with E-state index < -0.39 is 59.8 Å². The van der Waals surface area contributed by atoms with Gasteiger partial charge < -0.3 is 34.3 Å². The maximum Gasteiger partial charge on any atom is 0.397 e. The number of aliphatic hydroxyl groups excluding tert-OH is 3. The van der Waals surface area contributed by atoms with E-state index in [1.54, 1.807) is 0 Å². The Balaban J connectivity index is 2.46. The lowest BCUT2D eigenvalue weighted by Crippen LogP contribution is -2.60. The zero-order valence-corrected chi connectivity index (χ0v) is 36.4. The molecule has 0 spiro atoms. The Morgan fingerprint density at radius 1 is 0.672 bits per heavy atom. The highest BCUT2D eigenvalue weighted by molar-refractivity contribution is 7.80. The zero-order chi connectivity index (χ0) is 42.5. The lowest BCUT2D eigenvalue weighted by Gasteiger charge is -2.41. The van der Waals surface area contributed by atoms with Crippen molar-refractivity contribution in [3.63, 3.8) is 0 Å². The molecule has 0 aliphatic carbocycles. The first kappa shape index (κ1) is 53.8. The Morgan fingerprint density at radius 2 is 1.19 bits per heavy atom. The molecule has 4 N–H and O–H groups in total. The molecule has 0 bridgehead atoms. The molecule has 0 radical (unpaired) electrons. The molecule has 0 saturated carbocycles. The molecule has 6 atom stereocenters. The smallest absolute Gasteiger partial charge is 0.397 e. The topological polar surface area (TPSA) is 178 Å². The van der Waals surface area contributed by atoms with Crippen molar-refractivity contribution in [2.45, 2.75) is 192 Å². The van der Waals surface area contributed by atoms with Gasteiger partial charge in [-0.05, 0) is 77.0 Å². The average Bonchev–Trinajstić information content (AvgIpc) is 3.19. The van der Waals surface area contributed by atoms with Crippen LogP contribution in [0.25, 0.3) is 0 Å². The Bertz CT molecular complexity index is 1250. The largest absolute Gasteiger partial charge is 0.457 e. The lowest BCUT2D eigenvalue weighted by molar-refractivity contribution is -0.301. The molecular weight excluding hydrogens is 765 g/mol. The van der Waals surface area contributed by atoms with Gasteiger partial charge >= 0.3 is 16.4 Å². The molecule has 12 nitrogen and oxygen atoms in total. The highest BCUT2D eigenvalue weighted by Crippen LogP contribution is 2.26. The second-order valence-corrected chi connectivity index (χ2v) is 15.9. The van der Waals surface area contributed by atoms with Gasteiger partial charge in [0.05, 0.1) is 19.8 Å². The third kappa shape index (κ3) is 29.9. The zero-order valence-electron chi connectivity index (χ0n) is 35.6. The van der Waals surface area contributed by atoms with Gasteiger partial charge in [-0.2, -0.15) is 8.42 Å². The van der Waals surface area contributed by atoms with Gasteiger partial charge in [-0.1, -0.05) is 132 Å². The number of carbonyl (C=O) groups excluding carboxylic acids is 1. The van der Waals surface area contributed by atoms with Crippen LogP contribution in [0, 0.1) is 0 Å². The third-order valence-corrected chi connectivity index (χ3v) is 10.1. The van der Waals surface area contributed by atoms with Crippen molar-refractivity contribution >= 4 is 16.4 Å². The lowest BCUT2D eigenvalue weighted by atomic mass is 9.99. The maximum absolute atomic E-state index is 12.8. The Morgan fingerprint density at radius 3 is 1.76 bits per heavy atom. The number of hydrogen-bond donors (Lipinski definition) is 4. The molecule has 0 aromatic heterocycles. The van der Waals surface area contributed by atoms with Crippen molar-refractivity contribution in [1.29, 1.82) is 0 Å².